The van der Waals surface area contributed by atoms with Crippen molar-refractivity contribution in [3.8, 4) is 5.75 Å². The summed E-state index contributed by atoms with van der Waals surface area (Å²) < 4.78 is 5.79. The molecule has 0 unspecified atom stereocenters. The Balaban J connectivity index is 0.00000341. The molecule has 0 amide bonds. The minimum atomic E-state index is 0. The Morgan fingerprint density at radius 1 is 1.10 bits per heavy atom. The number of anilines is 1. The average Bonchev–Trinajstić information content (AvgIpc) is 2.76. The number of pyridine rings is 1. The molecule has 1 aliphatic rings. The smallest absolute Gasteiger partial charge is 0.191 e. The first-order chi connectivity index (χ1) is 14.6. The number of rotatable bonds is 7. The fourth-order valence-electron chi connectivity index (χ4n) is 3.55. The molecule has 2 N–H and O–H groups in total. The number of guanidine groups is 1. The summed E-state index contributed by atoms with van der Waals surface area (Å²) in [6, 6.07) is 10.4. The lowest BCUT2D eigenvalue weighted by molar-refractivity contribution is 0.312. The molecule has 0 spiro atoms. The summed E-state index contributed by atoms with van der Waals surface area (Å²) >= 11 is 0. The van der Waals surface area contributed by atoms with Gasteiger partial charge in [0, 0.05) is 63.6 Å². The van der Waals surface area contributed by atoms with Crippen molar-refractivity contribution in [1.82, 2.24) is 20.5 Å². The van der Waals surface area contributed by atoms with E-state index in [9.17, 15) is 0 Å². The number of piperazine rings is 1. The molecule has 3 rings (SSSR count). The topological polar surface area (TPSA) is 65.0 Å². The predicted molar refractivity (Wildman–Crippen MR) is 139 cm³/mol. The van der Waals surface area contributed by atoms with Gasteiger partial charge in [0.05, 0.1) is 6.61 Å². The highest BCUT2D eigenvalue weighted by Gasteiger charge is 2.18. The van der Waals surface area contributed by atoms with Gasteiger partial charge in [-0.3, -0.25) is 4.99 Å². The van der Waals surface area contributed by atoms with Crippen molar-refractivity contribution >= 4 is 35.8 Å². The highest BCUT2D eigenvalue weighted by Crippen LogP contribution is 2.21. The van der Waals surface area contributed by atoms with Crippen LogP contribution in [0.5, 0.6) is 5.75 Å². The quantitative estimate of drug-likeness (QED) is 0.321. The number of hydrogen-bond acceptors (Lipinski definition) is 5. The molecule has 0 radical (unpaired) electrons. The summed E-state index contributed by atoms with van der Waals surface area (Å²) in [5.74, 6) is 2.74. The largest absolute Gasteiger partial charge is 0.494 e. The number of hydrogen-bond donors (Lipinski definition) is 2. The van der Waals surface area contributed by atoms with Crippen molar-refractivity contribution in [1.29, 1.82) is 0 Å². The third-order valence-corrected chi connectivity index (χ3v) is 5.31. The van der Waals surface area contributed by atoms with E-state index in [4.69, 9.17) is 4.74 Å². The molecule has 7 nitrogen and oxygen atoms in total. The molecular weight excluding hydrogens is 503 g/mol. The number of benzene rings is 1. The lowest BCUT2D eigenvalue weighted by Gasteiger charge is -2.34. The van der Waals surface area contributed by atoms with Crippen LogP contribution in [0.15, 0.2) is 41.5 Å². The first-order valence-corrected chi connectivity index (χ1v) is 10.6. The Morgan fingerprint density at radius 3 is 2.48 bits per heavy atom. The SMILES string of the molecule is CCOc1cc(C)ccc1CNC(=NC)NCc1cccnc1N1CCN(C)CC1.I. The maximum absolute atomic E-state index is 5.79. The highest BCUT2D eigenvalue weighted by molar-refractivity contribution is 14.0. The third kappa shape index (κ3) is 7.24. The lowest BCUT2D eigenvalue weighted by atomic mass is 10.1. The van der Waals surface area contributed by atoms with E-state index >= 15 is 0 Å². The van der Waals surface area contributed by atoms with Crippen LogP contribution >= 0.6 is 24.0 Å². The predicted octanol–water partition coefficient (Wildman–Crippen LogP) is 3.02. The number of aliphatic imine (C=N–C) groups is 1. The van der Waals surface area contributed by atoms with Crippen molar-refractivity contribution in [2.24, 2.45) is 4.99 Å². The molecule has 8 heteroatoms. The summed E-state index contributed by atoms with van der Waals surface area (Å²) in [7, 11) is 3.96. The first kappa shape index (κ1) is 25.2. The molecular formula is C23H35IN6O. The zero-order valence-corrected chi connectivity index (χ0v) is 21.3. The van der Waals surface area contributed by atoms with Gasteiger partial charge in [0.1, 0.15) is 11.6 Å². The monoisotopic (exact) mass is 538 g/mol. The molecule has 170 valence electrons. The molecule has 31 heavy (non-hydrogen) atoms. The Bertz CT molecular complexity index is 852. The van der Waals surface area contributed by atoms with Crippen LogP contribution in [0, 0.1) is 6.92 Å². The Labute approximate surface area is 203 Å². The van der Waals surface area contributed by atoms with Crippen LogP contribution in [0.3, 0.4) is 0 Å². The Kier molecular flexibility index (Phi) is 10.3. The second-order valence-corrected chi connectivity index (χ2v) is 7.60. The van der Waals surface area contributed by atoms with E-state index in [1.54, 1.807) is 7.05 Å². The molecule has 1 fully saturated rings. The summed E-state index contributed by atoms with van der Waals surface area (Å²) in [4.78, 5) is 13.8. The molecule has 0 bridgehead atoms. The average molecular weight is 538 g/mol. The van der Waals surface area contributed by atoms with Crippen LogP contribution in [0.2, 0.25) is 0 Å². The van der Waals surface area contributed by atoms with E-state index in [1.165, 1.54) is 11.1 Å². The van der Waals surface area contributed by atoms with E-state index in [0.717, 1.165) is 49.3 Å². The fraction of sp³-hybridized carbons (Fsp3) is 0.478. The van der Waals surface area contributed by atoms with Crippen LogP contribution in [0.4, 0.5) is 5.82 Å². The maximum atomic E-state index is 5.79. The van der Waals surface area contributed by atoms with Crippen LogP contribution < -0.4 is 20.3 Å². The number of likely N-dealkylation sites (N-methyl/N-ethyl adjacent to an activating group) is 1. The summed E-state index contributed by atoms with van der Waals surface area (Å²) in [5, 5.41) is 6.83. The van der Waals surface area contributed by atoms with Gasteiger partial charge in [0.2, 0.25) is 0 Å². The van der Waals surface area contributed by atoms with Gasteiger partial charge in [-0.25, -0.2) is 4.98 Å². The number of halogens is 1. The first-order valence-electron chi connectivity index (χ1n) is 10.6. The molecule has 1 saturated heterocycles. The van der Waals surface area contributed by atoms with E-state index in [2.05, 4.69) is 68.6 Å². The lowest BCUT2D eigenvalue weighted by Crippen LogP contribution is -2.45. The molecule has 0 saturated carbocycles. The maximum Gasteiger partial charge on any atom is 0.191 e. The summed E-state index contributed by atoms with van der Waals surface area (Å²) in [6.07, 6.45) is 1.87. The summed E-state index contributed by atoms with van der Waals surface area (Å²) in [5.41, 5.74) is 3.48. The van der Waals surface area contributed by atoms with Gasteiger partial charge >= 0.3 is 0 Å². The second-order valence-electron chi connectivity index (χ2n) is 7.60. The molecule has 1 aromatic carbocycles. The Hall–Kier alpha value is -2.07. The zero-order valence-electron chi connectivity index (χ0n) is 19.0. The van der Waals surface area contributed by atoms with Gasteiger partial charge in [-0.2, -0.15) is 0 Å². The second kappa shape index (κ2) is 12.7. The van der Waals surface area contributed by atoms with Crippen LogP contribution in [0.25, 0.3) is 0 Å². The van der Waals surface area contributed by atoms with Gasteiger partial charge in [0.25, 0.3) is 0 Å². The molecule has 2 aromatic rings. The summed E-state index contributed by atoms with van der Waals surface area (Å²) in [6.45, 7) is 10.2. The Morgan fingerprint density at radius 2 is 1.81 bits per heavy atom. The van der Waals surface area contributed by atoms with Gasteiger partial charge in [0.15, 0.2) is 5.96 Å². The van der Waals surface area contributed by atoms with E-state index in [0.29, 0.717) is 19.7 Å². The van der Waals surface area contributed by atoms with Crippen molar-refractivity contribution in [2.75, 3.05) is 51.8 Å². The minimum absolute atomic E-state index is 0. The van der Waals surface area contributed by atoms with Crippen LogP contribution in [0.1, 0.15) is 23.6 Å². The van der Waals surface area contributed by atoms with Crippen molar-refractivity contribution < 1.29 is 4.74 Å². The van der Waals surface area contributed by atoms with E-state index < -0.39 is 0 Å². The number of nitrogens with zero attached hydrogens (tertiary/aromatic N) is 4. The fourth-order valence-corrected chi connectivity index (χ4v) is 3.55. The van der Waals surface area contributed by atoms with E-state index in [1.807, 2.05) is 19.2 Å². The van der Waals surface area contributed by atoms with Gasteiger partial charge in [-0.05, 0) is 38.6 Å². The van der Waals surface area contributed by atoms with Gasteiger partial charge in [-0.1, -0.05) is 18.2 Å². The normalized spacial score (nSPS) is 14.7. The molecule has 1 aliphatic heterocycles. The molecule has 2 heterocycles. The third-order valence-electron chi connectivity index (χ3n) is 5.31. The van der Waals surface area contributed by atoms with Gasteiger partial charge < -0.3 is 25.2 Å². The van der Waals surface area contributed by atoms with Crippen molar-refractivity contribution in [3.05, 3.63) is 53.2 Å². The van der Waals surface area contributed by atoms with Crippen LogP contribution in [-0.4, -0.2) is 62.7 Å². The number of ether oxygens (including phenoxy) is 1. The minimum Gasteiger partial charge on any atom is -0.494 e. The number of aryl methyl sites for hydroxylation is 1. The van der Waals surface area contributed by atoms with Crippen LogP contribution in [-0.2, 0) is 13.1 Å². The van der Waals surface area contributed by atoms with Crippen molar-refractivity contribution in [3.63, 3.8) is 0 Å². The zero-order chi connectivity index (χ0) is 21.3. The van der Waals surface area contributed by atoms with E-state index in [-0.39, 0.29) is 24.0 Å². The highest BCUT2D eigenvalue weighted by atomic mass is 127. The molecule has 0 aliphatic carbocycles. The number of aromatic nitrogens is 1. The van der Waals surface area contributed by atoms with Crippen molar-refractivity contribution in [2.45, 2.75) is 26.9 Å². The standard InChI is InChI=1S/C23H34N6O.HI/c1-5-30-21-15-18(2)8-9-19(21)16-26-23(24-3)27-17-20-7-6-10-25-22(20)29-13-11-28(4)12-14-29;/h6-10,15H,5,11-14,16-17H2,1-4H3,(H2,24,26,27);1H. The number of nitrogens with one attached hydrogen (secondary N) is 2. The molecule has 0 atom stereocenters. The van der Waals surface area contributed by atoms with Gasteiger partial charge in [-0.15, -0.1) is 24.0 Å². The molecule has 1 aromatic heterocycles.